The second-order valence-corrected chi connectivity index (χ2v) is 13.9. The Hall–Kier alpha value is -4.20. The molecule has 1 aliphatic rings. The summed E-state index contributed by atoms with van der Waals surface area (Å²) in [6.07, 6.45) is 0. The summed E-state index contributed by atoms with van der Waals surface area (Å²) in [6.45, 7) is 7.04. The summed E-state index contributed by atoms with van der Waals surface area (Å²) >= 11 is 0. The molecule has 0 saturated carbocycles. The molecule has 0 bridgehead atoms. The van der Waals surface area contributed by atoms with Gasteiger partial charge in [0, 0.05) is 5.92 Å². The van der Waals surface area contributed by atoms with E-state index in [9.17, 15) is 0 Å². The molecule has 1 atom stereocenters. The molecule has 0 N–H and O–H groups in total. The van der Waals surface area contributed by atoms with Gasteiger partial charge in [0.2, 0.25) is 0 Å². The van der Waals surface area contributed by atoms with Crippen LogP contribution in [-0.2, 0) is 0 Å². The SMILES string of the molecule is CC1=C(C)C(C[SiH](c2ccccc2)c2ccccc2)C(c2cc(-c3ccccc3)cc(-c3ccccc3)c2)=C1C. The minimum Gasteiger partial charge on any atom is -0.0629 e. The molecule has 6 rings (SSSR count). The summed E-state index contributed by atoms with van der Waals surface area (Å²) in [7, 11) is -1.47. The van der Waals surface area contributed by atoms with Gasteiger partial charge in [-0.3, -0.25) is 0 Å². The Morgan fingerprint density at radius 2 is 0.850 bits per heavy atom. The van der Waals surface area contributed by atoms with Gasteiger partial charge in [0.05, 0.1) is 0 Å². The predicted molar refractivity (Wildman–Crippen MR) is 176 cm³/mol. The standard InChI is InChI=1S/C39H36Si/c1-28-29(2)38(27-40(36-20-12-6-13-21-36)37-22-14-7-15-23-37)39(30(28)3)35-25-33(31-16-8-4-9-17-31)24-34(26-35)32-18-10-5-11-19-32/h4-26,38,40H,27H2,1-3H3. The number of benzene rings is 5. The van der Waals surface area contributed by atoms with Gasteiger partial charge >= 0.3 is 0 Å². The molecule has 40 heavy (non-hydrogen) atoms. The van der Waals surface area contributed by atoms with Crippen LogP contribution in [0.25, 0.3) is 27.8 Å². The van der Waals surface area contributed by atoms with Crippen LogP contribution in [0.4, 0.5) is 0 Å². The van der Waals surface area contributed by atoms with Crippen LogP contribution in [-0.4, -0.2) is 8.80 Å². The van der Waals surface area contributed by atoms with E-state index in [1.54, 1.807) is 0 Å². The molecule has 0 nitrogen and oxygen atoms in total. The van der Waals surface area contributed by atoms with Gasteiger partial charge < -0.3 is 0 Å². The van der Waals surface area contributed by atoms with Crippen LogP contribution in [0.5, 0.6) is 0 Å². The summed E-state index contributed by atoms with van der Waals surface area (Å²) in [5.41, 5.74) is 12.4. The lowest BCUT2D eigenvalue weighted by molar-refractivity contribution is 0.884. The lowest BCUT2D eigenvalue weighted by atomic mass is 9.87. The van der Waals surface area contributed by atoms with Crippen LogP contribution < -0.4 is 10.4 Å². The molecular weight excluding hydrogens is 497 g/mol. The van der Waals surface area contributed by atoms with Gasteiger partial charge in [-0.1, -0.05) is 137 Å². The highest BCUT2D eigenvalue weighted by Crippen LogP contribution is 2.46. The van der Waals surface area contributed by atoms with Crippen LogP contribution in [0.2, 0.25) is 6.04 Å². The molecular formula is C39H36Si. The third kappa shape index (κ3) is 5.18. The molecule has 1 aliphatic carbocycles. The first-order valence-electron chi connectivity index (χ1n) is 14.3. The van der Waals surface area contributed by atoms with Crippen molar-refractivity contribution in [3.8, 4) is 22.3 Å². The third-order valence-electron chi connectivity index (χ3n) is 8.76. The van der Waals surface area contributed by atoms with Gasteiger partial charge in [-0.25, -0.2) is 0 Å². The van der Waals surface area contributed by atoms with Gasteiger partial charge in [-0.05, 0) is 89.6 Å². The molecule has 196 valence electrons. The van der Waals surface area contributed by atoms with Crippen LogP contribution in [0.3, 0.4) is 0 Å². The number of hydrogen-bond donors (Lipinski definition) is 0. The highest BCUT2D eigenvalue weighted by molar-refractivity contribution is 6.85. The van der Waals surface area contributed by atoms with Crippen molar-refractivity contribution >= 4 is 24.7 Å². The van der Waals surface area contributed by atoms with Crippen LogP contribution >= 0.6 is 0 Å². The lowest BCUT2D eigenvalue weighted by Gasteiger charge is -2.25. The molecule has 0 fully saturated rings. The normalized spacial score (nSPS) is 15.2. The number of allylic oxidation sites excluding steroid dienone is 4. The Labute approximate surface area is 241 Å². The Kier molecular flexibility index (Phi) is 7.49. The molecule has 1 unspecified atom stereocenters. The highest BCUT2D eigenvalue weighted by Gasteiger charge is 2.32. The largest absolute Gasteiger partial charge is 0.104 e. The van der Waals surface area contributed by atoms with E-state index in [1.807, 2.05) is 0 Å². The second kappa shape index (κ2) is 11.5. The first kappa shape index (κ1) is 26.0. The summed E-state index contributed by atoms with van der Waals surface area (Å²) in [4.78, 5) is 0. The quantitative estimate of drug-likeness (QED) is 0.184. The fourth-order valence-corrected chi connectivity index (χ4v) is 9.76. The van der Waals surface area contributed by atoms with E-state index in [0.717, 1.165) is 0 Å². The van der Waals surface area contributed by atoms with Gasteiger partial charge in [-0.15, -0.1) is 0 Å². The topological polar surface area (TPSA) is 0 Å². The maximum absolute atomic E-state index is 2.43. The fraction of sp³-hybridized carbons (Fsp3) is 0.128. The van der Waals surface area contributed by atoms with Crippen molar-refractivity contribution in [1.82, 2.24) is 0 Å². The minimum absolute atomic E-state index is 0.409. The van der Waals surface area contributed by atoms with Crippen LogP contribution in [0, 0.1) is 5.92 Å². The third-order valence-corrected chi connectivity index (χ3v) is 12.1. The Morgan fingerprint density at radius 1 is 0.450 bits per heavy atom. The van der Waals surface area contributed by atoms with E-state index < -0.39 is 8.80 Å². The van der Waals surface area contributed by atoms with Gasteiger partial charge in [0.1, 0.15) is 8.80 Å². The lowest BCUT2D eigenvalue weighted by Crippen LogP contribution is -2.43. The van der Waals surface area contributed by atoms with E-state index in [0.29, 0.717) is 5.92 Å². The average Bonchev–Trinajstić information content (AvgIpc) is 3.24. The predicted octanol–water partition coefficient (Wildman–Crippen LogP) is 8.80. The maximum atomic E-state index is 2.43. The molecule has 5 aromatic carbocycles. The molecule has 0 spiro atoms. The minimum atomic E-state index is -1.47. The molecule has 0 aliphatic heterocycles. The van der Waals surface area contributed by atoms with E-state index in [-0.39, 0.29) is 0 Å². The van der Waals surface area contributed by atoms with Gasteiger partial charge in [0.25, 0.3) is 0 Å². The van der Waals surface area contributed by atoms with E-state index in [2.05, 4.69) is 160 Å². The zero-order valence-corrected chi connectivity index (χ0v) is 24.8. The van der Waals surface area contributed by atoms with Crippen molar-refractivity contribution in [3.63, 3.8) is 0 Å². The van der Waals surface area contributed by atoms with E-state index in [1.165, 1.54) is 66.5 Å². The number of rotatable bonds is 7. The van der Waals surface area contributed by atoms with Crippen molar-refractivity contribution in [2.75, 3.05) is 0 Å². The number of hydrogen-bond acceptors (Lipinski definition) is 0. The van der Waals surface area contributed by atoms with E-state index >= 15 is 0 Å². The summed E-state index contributed by atoms with van der Waals surface area (Å²) in [5, 5.41) is 3.04. The molecule has 0 radical (unpaired) electrons. The Bertz CT molecular complexity index is 1570. The molecule has 0 heterocycles. The molecule has 0 amide bonds. The average molecular weight is 533 g/mol. The molecule has 0 aromatic heterocycles. The molecule has 1 heteroatoms. The zero-order valence-electron chi connectivity index (χ0n) is 23.6. The summed E-state index contributed by atoms with van der Waals surface area (Å²) in [6, 6.07) is 52.6. The van der Waals surface area contributed by atoms with Gasteiger partial charge in [-0.2, -0.15) is 0 Å². The second-order valence-electron chi connectivity index (χ2n) is 11.0. The maximum Gasteiger partial charge on any atom is 0.104 e. The van der Waals surface area contributed by atoms with Crippen molar-refractivity contribution in [2.45, 2.75) is 26.8 Å². The monoisotopic (exact) mass is 532 g/mol. The molecule has 0 saturated heterocycles. The van der Waals surface area contributed by atoms with Crippen molar-refractivity contribution in [1.29, 1.82) is 0 Å². The fourth-order valence-electron chi connectivity index (χ4n) is 6.40. The van der Waals surface area contributed by atoms with Gasteiger partial charge in [0.15, 0.2) is 0 Å². The van der Waals surface area contributed by atoms with Crippen molar-refractivity contribution < 1.29 is 0 Å². The zero-order chi connectivity index (χ0) is 27.5. The first-order chi connectivity index (χ1) is 19.6. The smallest absolute Gasteiger partial charge is 0.0629 e. The molecule has 5 aromatic rings. The Balaban J connectivity index is 1.49. The van der Waals surface area contributed by atoms with Crippen LogP contribution in [0.1, 0.15) is 26.3 Å². The highest BCUT2D eigenvalue weighted by atomic mass is 28.3. The summed E-state index contributed by atoms with van der Waals surface area (Å²) < 4.78 is 0. The van der Waals surface area contributed by atoms with E-state index in [4.69, 9.17) is 0 Å². The Morgan fingerprint density at radius 3 is 1.30 bits per heavy atom. The van der Waals surface area contributed by atoms with Crippen LogP contribution in [0.15, 0.2) is 156 Å². The van der Waals surface area contributed by atoms with Crippen molar-refractivity contribution in [3.05, 3.63) is 162 Å². The van der Waals surface area contributed by atoms with Crippen molar-refractivity contribution in [2.24, 2.45) is 5.92 Å². The summed E-state index contributed by atoms with van der Waals surface area (Å²) in [5.74, 6) is 0.409. The first-order valence-corrected chi connectivity index (χ1v) is 16.3.